The van der Waals surface area contributed by atoms with E-state index in [0.717, 1.165) is 11.3 Å². The minimum absolute atomic E-state index is 0.367. The number of carbonyl (C=O) groups excluding carboxylic acids is 3. The SMILES string of the molecule is O=Cc1ccc(OCC(=O)OCC(=O)Nc2cc(-c3ccccc3)nn2-c2ccccc2)cc1. The van der Waals surface area contributed by atoms with Crippen molar-refractivity contribution in [2.75, 3.05) is 18.5 Å². The van der Waals surface area contributed by atoms with Gasteiger partial charge >= 0.3 is 5.97 Å². The molecule has 0 bridgehead atoms. The second-order valence-corrected chi connectivity index (χ2v) is 7.21. The molecule has 0 unspecified atom stereocenters. The van der Waals surface area contributed by atoms with E-state index in [4.69, 9.17) is 9.47 Å². The Balaban J connectivity index is 1.38. The van der Waals surface area contributed by atoms with Gasteiger partial charge in [-0.3, -0.25) is 9.59 Å². The van der Waals surface area contributed by atoms with Crippen LogP contribution in [0.3, 0.4) is 0 Å². The zero-order valence-electron chi connectivity index (χ0n) is 18.1. The molecule has 8 nitrogen and oxygen atoms in total. The number of esters is 1. The second kappa shape index (κ2) is 10.7. The number of aromatic nitrogens is 2. The second-order valence-electron chi connectivity index (χ2n) is 7.21. The fraction of sp³-hybridized carbons (Fsp3) is 0.0769. The van der Waals surface area contributed by atoms with E-state index in [0.29, 0.717) is 29.1 Å². The summed E-state index contributed by atoms with van der Waals surface area (Å²) in [6.07, 6.45) is 0.712. The first kappa shape index (κ1) is 22.5. The van der Waals surface area contributed by atoms with E-state index in [-0.39, 0.29) is 6.61 Å². The van der Waals surface area contributed by atoms with Crippen molar-refractivity contribution in [2.24, 2.45) is 0 Å². The molecule has 0 saturated carbocycles. The van der Waals surface area contributed by atoms with Gasteiger partial charge in [-0.1, -0.05) is 48.5 Å². The maximum absolute atomic E-state index is 12.5. The number of aldehydes is 1. The molecule has 0 aliphatic rings. The van der Waals surface area contributed by atoms with E-state index in [1.807, 2.05) is 60.7 Å². The van der Waals surface area contributed by atoms with Crippen LogP contribution in [-0.2, 0) is 14.3 Å². The van der Waals surface area contributed by atoms with E-state index in [2.05, 4.69) is 10.4 Å². The van der Waals surface area contributed by atoms with Crippen LogP contribution in [0.25, 0.3) is 16.9 Å². The number of nitrogens with one attached hydrogen (secondary N) is 1. The number of ether oxygens (including phenoxy) is 2. The molecule has 3 aromatic carbocycles. The Labute approximate surface area is 195 Å². The van der Waals surface area contributed by atoms with Crippen molar-refractivity contribution in [3.05, 3.63) is 96.6 Å². The van der Waals surface area contributed by atoms with E-state index in [9.17, 15) is 14.4 Å². The van der Waals surface area contributed by atoms with Crippen molar-refractivity contribution < 1.29 is 23.9 Å². The van der Waals surface area contributed by atoms with Crippen molar-refractivity contribution in [1.82, 2.24) is 9.78 Å². The van der Waals surface area contributed by atoms with Gasteiger partial charge in [-0.05, 0) is 36.4 Å². The van der Waals surface area contributed by atoms with E-state index < -0.39 is 18.5 Å². The quantitative estimate of drug-likeness (QED) is 0.303. The smallest absolute Gasteiger partial charge is 0.344 e. The molecule has 4 rings (SSSR count). The fourth-order valence-corrected chi connectivity index (χ4v) is 3.14. The molecule has 8 heteroatoms. The van der Waals surface area contributed by atoms with Gasteiger partial charge in [-0.2, -0.15) is 5.10 Å². The average molecular weight is 455 g/mol. The highest BCUT2D eigenvalue weighted by atomic mass is 16.6. The molecule has 0 radical (unpaired) electrons. The summed E-state index contributed by atoms with van der Waals surface area (Å²) in [6.45, 7) is -0.846. The van der Waals surface area contributed by atoms with Gasteiger partial charge in [0.25, 0.3) is 5.91 Å². The summed E-state index contributed by atoms with van der Waals surface area (Å²) in [5.74, 6) is -0.360. The van der Waals surface area contributed by atoms with Crippen molar-refractivity contribution in [2.45, 2.75) is 0 Å². The number of amides is 1. The molecule has 4 aromatic rings. The monoisotopic (exact) mass is 455 g/mol. The van der Waals surface area contributed by atoms with Gasteiger partial charge in [0.15, 0.2) is 13.2 Å². The van der Waals surface area contributed by atoms with Crippen LogP contribution in [-0.4, -0.2) is 41.2 Å². The van der Waals surface area contributed by atoms with Crippen molar-refractivity contribution in [3.63, 3.8) is 0 Å². The molecular formula is C26H21N3O5. The minimum atomic E-state index is -0.698. The summed E-state index contributed by atoms with van der Waals surface area (Å²) < 4.78 is 11.9. The predicted octanol–water partition coefficient (Wildman–Crippen LogP) is 3.91. The molecule has 0 fully saturated rings. The fourth-order valence-electron chi connectivity index (χ4n) is 3.14. The number of benzene rings is 3. The minimum Gasteiger partial charge on any atom is -0.482 e. The molecule has 1 aromatic heterocycles. The van der Waals surface area contributed by atoms with Crippen LogP contribution >= 0.6 is 0 Å². The van der Waals surface area contributed by atoms with Gasteiger partial charge in [0, 0.05) is 17.2 Å². The zero-order chi connectivity index (χ0) is 23.8. The van der Waals surface area contributed by atoms with Crippen molar-refractivity contribution in [1.29, 1.82) is 0 Å². The predicted molar refractivity (Wildman–Crippen MR) is 126 cm³/mol. The van der Waals surface area contributed by atoms with Gasteiger partial charge in [-0.25, -0.2) is 9.48 Å². The molecule has 0 atom stereocenters. The molecule has 0 aliphatic heterocycles. The highest BCUT2D eigenvalue weighted by molar-refractivity contribution is 5.93. The molecule has 1 amide bonds. The summed E-state index contributed by atoms with van der Waals surface area (Å²) in [6, 6.07) is 27.0. The Hall–Kier alpha value is -4.72. The van der Waals surface area contributed by atoms with Crippen molar-refractivity contribution in [3.8, 4) is 22.7 Å². The van der Waals surface area contributed by atoms with Crippen LogP contribution < -0.4 is 10.1 Å². The van der Waals surface area contributed by atoms with E-state index >= 15 is 0 Å². The Bertz CT molecular complexity index is 1270. The molecule has 0 spiro atoms. The van der Waals surface area contributed by atoms with Gasteiger partial charge < -0.3 is 14.8 Å². The Morgan fingerprint density at radius 1 is 0.882 bits per heavy atom. The van der Waals surface area contributed by atoms with E-state index in [1.54, 1.807) is 35.0 Å². The average Bonchev–Trinajstić information content (AvgIpc) is 3.31. The maximum Gasteiger partial charge on any atom is 0.344 e. The van der Waals surface area contributed by atoms with Crippen LogP contribution in [0.5, 0.6) is 5.75 Å². The lowest BCUT2D eigenvalue weighted by molar-refractivity contribution is -0.149. The molecule has 0 aliphatic carbocycles. The summed E-state index contributed by atoms with van der Waals surface area (Å²) in [5.41, 5.74) is 2.85. The standard InChI is InChI=1S/C26H21N3O5/c30-16-19-11-13-22(14-12-19)33-18-26(32)34-17-25(31)27-24-15-23(20-7-3-1-4-8-20)28-29(24)21-9-5-2-6-10-21/h1-16H,17-18H2,(H,27,31). The third-order valence-electron chi connectivity index (χ3n) is 4.78. The lowest BCUT2D eigenvalue weighted by Crippen LogP contribution is -2.24. The molecule has 0 saturated heterocycles. The molecule has 170 valence electrons. The summed E-state index contributed by atoms with van der Waals surface area (Å²) >= 11 is 0. The largest absolute Gasteiger partial charge is 0.482 e. The zero-order valence-corrected chi connectivity index (χ0v) is 18.1. The van der Waals surface area contributed by atoms with Gasteiger partial charge in [-0.15, -0.1) is 0 Å². The van der Waals surface area contributed by atoms with Gasteiger partial charge in [0.05, 0.1) is 11.4 Å². The van der Waals surface area contributed by atoms with Crippen LogP contribution in [0.15, 0.2) is 91.0 Å². The third-order valence-corrected chi connectivity index (χ3v) is 4.78. The lowest BCUT2D eigenvalue weighted by Gasteiger charge is -2.10. The molecule has 1 heterocycles. The summed E-state index contributed by atoms with van der Waals surface area (Å²) in [4.78, 5) is 35.1. The summed E-state index contributed by atoms with van der Waals surface area (Å²) in [7, 11) is 0. The normalized spacial score (nSPS) is 10.4. The Morgan fingerprint density at radius 3 is 2.24 bits per heavy atom. The first-order valence-electron chi connectivity index (χ1n) is 10.5. The number of hydrogen-bond acceptors (Lipinski definition) is 6. The van der Waals surface area contributed by atoms with Crippen LogP contribution in [0.2, 0.25) is 0 Å². The highest BCUT2D eigenvalue weighted by Crippen LogP contribution is 2.24. The van der Waals surface area contributed by atoms with Crippen LogP contribution in [0.4, 0.5) is 5.82 Å². The first-order valence-corrected chi connectivity index (χ1v) is 10.5. The van der Waals surface area contributed by atoms with Crippen LogP contribution in [0, 0.1) is 0 Å². The topological polar surface area (TPSA) is 99.5 Å². The van der Waals surface area contributed by atoms with E-state index in [1.165, 1.54) is 0 Å². The highest BCUT2D eigenvalue weighted by Gasteiger charge is 2.15. The Morgan fingerprint density at radius 2 is 1.56 bits per heavy atom. The van der Waals surface area contributed by atoms with Gasteiger partial charge in [0.1, 0.15) is 17.9 Å². The molecule has 34 heavy (non-hydrogen) atoms. The number of anilines is 1. The number of nitrogens with zero attached hydrogens (tertiary/aromatic N) is 2. The lowest BCUT2D eigenvalue weighted by atomic mass is 10.2. The van der Waals surface area contributed by atoms with Crippen molar-refractivity contribution >= 4 is 24.0 Å². The first-order chi connectivity index (χ1) is 16.6. The number of hydrogen-bond donors (Lipinski definition) is 1. The Kier molecular flexibility index (Phi) is 7.09. The maximum atomic E-state index is 12.5. The molecule has 1 N–H and O–H groups in total. The van der Waals surface area contributed by atoms with Crippen LogP contribution in [0.1, 0.15) is 10.4 Å². The number of carbonyl (C=O) groups is 3. The molecular weight excluding hydrogens is 434 g/mol. The summed E-state index contributed by atoms with van der Waals surface area (Å²) in [5, 5.41) is 7.38. The van der Waals surface area contributed by atoms with Gasteiger partial charge in [0.2, 0.25) is 0 Å². The third kappa shape index (κ3) is 5.74. The number of rotatable bonds is 9. The number of para-hydroxylation sites is 1.